The zero-order chi connectivity index (χ0) is 21.8. The molecule has 1 heterocycles. The van der Waals surface area contributed by atoms with Crippen LogP contribution in [0.4, 0.5) is 11.4 Å². The van der Waals surface area contributed by atoms with Crippen LogP contribution in [-0.4, -0.2) is 57.9 Å². The number of nitrogens with zero attached hydrogens (tertiary/aromatic N) is 3. The lowest BCUT2D eigenvalue weighted by molar-refractivity contribution is -0.129. The Labute approximate surface area is 178 Å². The maximum absolute atomic E-state index is 13.2. The zero-order valence-electron chi connectivity index (χ0n) is 18.3. The molecular weight excluding hydrogens is 374 g/mol. The predicted molar refractivity (Wildman–Crippen MR) is 125 cm³/mol. The van der Waals surface area contributed by atoms with Crippen LogP contribution in [0.25, 0.3) is 12.2 Å². The number of piperidine rings is 1. The van der Waals surface area contributed by atoms with Crippen molar-refractivity contribution in [1.29, 1.82) is 0 Å². The van der Waals surface area contributed by atoms with Gasteiger partial charge in [-0.15, -0.1) is 0 Å². The number of amides is 1. The average molecular weight is 404 g/mol. The lowest BCUT2D eigenvalue weighted by Gasteiger charge is -2.29. The zero-order valence-corrected chi connectivity index (χ0v) is 18.3. The van der Waals surface area contributed by atoms with E-state index in [1.165, 1.54) is 0 Å². The summed E-state index contributed by atoms with van der Waals surface area (Å²) >= 11 is 0. The van der Waals surface area contributed by atoms with E-state index in [0.717, 1.165) is 22.5 Å². The standard InChI is InChI=1S/C25H29N3O2/c1-18(29)28-16-21(14-19-6-10-23(11-7-19)26(2)3)25(30)22(17-28)15-20-8-12-24(13-9-20)27(4)5/h6-15H,16-17H2,1-5H3/b21-14+,22-15+. The van der Waals surface area contributed by atoms with Crippen molar-refractivity contribution in [2.75, 3.05) is 51.1 Å². The number of Topliss-reactive ketones (excluding diaryl/α,β-unsaturated/α-hetero) is 1. The maximum Gasteiger partial charge on any atom is 0.220 e. The fourth-order valence-electron chi connectivity index (χ4n) is 3.40. The van der Waals surface area contributed by atoms with Gasteiger partial charge in [-0.2, -0.15) is 0 Å². The number of carbonyl (C=O) groups is 2. The van der Waals surface area contributed by atoms with Crippen molar-refractivity contribution in [2.45, 2.75) is 6.92 Å². The molecule has 0 bridgehead atoms. The molecule has 0 saturated carbocycles. The average Bonchev–Trinajstić information content (AvgIpc) is 2.71. The SMILES string of the molecule is CC(=O)N1C/C(=C\c2ccc(N(C)C)cc2)C(=O)/C(=C/c2ccc(N(C)C)cc2)C1. The molecule has 5 heteroatoms. The summed E-state index contributed by atoms with van der Waals surface area (Å²) in [5, 5.41) is 0. The summed E-state index contributed by atoms with van der Waals surface area (Å²) < 4.78 is 0. The molecule has 1 aliphatic rings. The topological polar surface area (TPSA) is 43.9 Å². The molecule has 1 saturated heterocycles. The van der Waals surface area contributed by atoms with E-state index in [4.69, 9.17) is 0 Å². The molecule has 2 aromatic rings. The van der Waals surface area contributed by atoms with Crippen molar-refractivity contribution in [3.8, 4) is 0 Å². The van der Waals surface area contributed by atoms with Crippen LogP contribution in [0.1, 0.15) is 18.1 Å². The van der Waals surface area contributed by atoms with Crippen LogP contribution in [0.15, 0.2) is 59.7 Å². The highest BCUT2D eigenvalue weighted by molar-refractivity contribution is 6.15. The largest absolute Gasteiger partial charge is 0.378 e. The molecule has 0 unspecified atom stereocenters. The van der Waals surface area contributed by atoms with Gasteiger partial charge in [0.05, 0.1) is 0 Å². The second kappa shape index (κ2) is 8.99. The van der Waals surface area contributed by atoms with Gasteiger partial charge in [0.1, 0.15) is 0 Å². The third kappa shape index (κ3) is 4.98. The quantitative estimate of drug-likeness (QED) is 0.730. The fraction of sp³-hybridized carbons (Fsp3) is 0.280. The molecule has 2 aromatic carbocycles. The monoisotopic (exact) mass is 403 g/mol. The number of anilines is 2. The van der Waals surface area contributed by atoms with E-state index in [9.17, 15) is 9.59 Å². The Morgan fingerprint density at radius 3 is 1.43 bits per heavy atom. The van der Waals surface area contributed by atoms with Gasteiger partial charge in [-0.05, 0) is 47.5 Å². The normalized spacial score (nSPS) is 16.8. The molecule has 0 N–H and O–H groups in total. The van der Waals surface area contributed by atoms with Gasteiger partial charge in [0, 0.05) is 70.7 Å². The van der Waals surface area contributed by atoms with Gasteiger partial charge in [0.15, 0.2) is 5.78 Å². The van der Waals surface area contributed by atoms with Gasteiger partial charge < -0.3 is 14.7 Å². The molecule has 156 valence electrons. The molecule has 0 aromatic heterocycles. The Balaban J connectivity index is 1.92. The van der Waals surface area contributed by atoms with Crippen molar-refractivity contribution in [3.63, 3.8) is 0 Å². The Hall–Kier alpha value is -3.34. The minimum absolute atomic E-state index is 0.000808. The number of rotatable bonds is 4. The van der Waals surface area contributed by atoms with Crippen LogP contribution in [0.2, 0.25) is 0 Å². The smallest absolute Gasteiger partial charge is 0.220 e. The minimum Gasteiger partial charge on any atom is -0.378 e. The van der Waals surface area contributed by atoms with Crippen LogP contribution in [-0.2, 0) is 9.59 Å². The summed E-state index contributed by atoms with van der Waals surface area (Å²) in [6.07, 6.45) is 3.78. The van der Waals surface area contributed by atoms with Crippen molar-refractivity contribution in [3.05, 3.63) is 70.8 Å². The van der Waals surface area contributed by atoms with Gasteiger partial charge in [-0.25, -0.2) is 0 Å². The first-order chi connectivity index (χ1) is 14.2. The van der Waals surface area contributed by atoms with Gasteiger partial charge in [0.2, 0.25) is 5.91 Å². The molecule has 1 amide bonds. The highest BCUT2D eigenvalue weighted by atomic mass is 16.2. The van der Waals surface area contributed by atoms with E-state index in [1.807, 2.05) is 98.7 Å². The van der Waals surface area contributed by atoms with Crippen molar-refractivity contribution in [2.24, 2.45) is 0 Å². The van der Waals surface area contributed by atoms with E-state index in [2.05, 4.69) is 0 Å². The summed E-state index contributed by atoms with van der Waals surface area (Å²) in [4.78, 5) is 31.0. The highest BCUT2D eigenvalue weighted by Crippen LogP contribution is 2.24. The van der Waals surface area contributed by atoms with Gasteiger partial charge in [-0.3, -0.25) is 9.59 Å². The van der Waals surface area contributed by atoms with Crippen LogP contribution < -0.4 is 9.80 Å². The number of likely N-dealkylation sites (tertiary alicyclic amines) is 1. The summed E-state index contributed by atoms with van der Waals surface area (Å²) in [6.45, 7) is 2.21. The molecule has 5 nitrogen and oxygen atoms in total. The van der Waals surface area contributed by atoms with E-state index in [-0.39, 0.29) is 11.7 Å². The molecule has 1 fully saturated rings. The van der Waals surface area contributed by atoms with Crippen LogP contribution in [0.3, 0.4) is 0 Å². The minimum atomic E-state index is -0.0368. The van der Waals surface area contributed by atoms with E-state index < -0.39 is 0 Å². The number of hydrogen-bond donors (Lipinski definition) is 0. The van der Waals surface area contributed by atoms with Crippen LogP contribution >= 0.6 is 0 Å². The molecule has 30 heavy (non-hydrogen) atoms. The summed E-state index contributed by atoms with van der Waals surface area (Å²) in [5.74, 6) is -0.0360. The maximum atomic E-state index is 13.2. The second-order valence-electron chi connectivity index (χ2n) is 8.02. The van der Waals surface area contributed by atoms with Gasteiger partial charge in [-0.1, -0.05) is 24.3 Å². The van der Waals surface area contributed by atoms with Crippen molar-refractivity contribution < 1.29 is 9.59 Å². The Morgan fingerprint density at radius 2 is 1.13 bits per heavy atom. The van der Waals surface area contributed by atoms with E-state index >= 15 is 0 Å². The number of hydrogen-bond acceptors (Lipinski definition) is 4. The summed E-state index contributed by atoms with van der Waals surface area (Å²) in [5.41, 5.74) is 5.35. The molecule has 1 aliphatic heterocycles. The molecule has 0 radical (unpaired) electrons. The van der Waals surface area contributed by atoms with Gasteiger partial charge in [0.25, 0.3) is 0 Å². The number of ketones is 1. The first kappa shape index (κ1) is 21.4. The van der Waals surface area contributed by atoms with Crippen molar-refractivity contribution in [1.82, 2.24) is 4.90 Å². The van der Waals surface area contributed by atoms with E-state index in [1.54, 1.807) is 11.8 Å². The first-order valence-electron chi connectivity index (χ1n) is 10.0. The van der Waals surface area contributed by atoms with Crippen LogP contribution in [0, 0.1) is 0 Å². The Morgan fingerprint density at radius 1 is 0.767 bits per heavy atom. The molecule has 3 rings (SSSR count). The second-order valence-corrected chi connectivity index (χ2v) is 8.02. The first-order valence-corrected chi connectivity index (χ1v) is 10.0. The summed E-state index contributed by atoms with van der Waals surface area (Å²) in [6, 6.07) is 16.0. The molecular formula is C25H29N3O2. The lowest BCUT2D eigenvalue weighted by atomic mass is 9.94. The third-order valence-electron chi connectivity index (χ3n) is 5.25. The predicted octanol–water partition coefficient (Wildman–Crippen LogP) is 3.72. The molecule has 0 spiro atoms. The third-order valence-corrected chi connectivity index (χ3v) is 5.25. The van der Waals surface area contributed by atoms with Crippen LogP contribution in [0.5, 0.6) is 0 Å². The molecule has 0 aliphatic carbocycles. The number of benzene rings is 2. The van der Waals surface area contributed by atoms with E-state index in [0.29, 0.717) is 24.2 Å². The van der Waals surface area contributed by atoms with Crippen molar-refractivity contribution >= 4 is 35.2 Å². The van der Waals surface area contributed by atoms with Gasteiger partial charge >= 0.3 is 0 Å². The lowest BCUT2D eigenvalue weighted by Crippen LogP contribution is -2.40. The summed E-state index contributed by atoms with van der Waals surface area (Å²) in [7, 11) is 7.96. The Bertz CT molecular complexity index is 911. The molecule has 0 atom stereocenters. The number of carbonyl (C=O) groups excluding carboxylic acids is 2. The Kier molecular flexibility index (Phi) is 6.40. The highest BCUT2D eigenvalue weighted by Gasteiger charge is 2.27. The fourth-order valence-corrected chi connectivity index (χ4v) is 3.40.